The molecule has 1 N–H and O–H groups in total. The zero-order valence-electron chi connectivity index (χ0n) is 20.2. The number of piperidine rings is 1. The summed E-state index contributed by atoms with van der Waals surface area (Å²) in [6, 6.07) is 13.0. The summed E-state index contributed by atoms with van der Waals surface area (Å²) in [6.07, 6.45) is 3.12. The maximum absolute atomic E-state index is 13.2. The molecule has 35 heavy (non-hydrogen) atoms. The molecule has 2 aromatic carbocycles. The number of hydrogen-bond donors (Lipinski definition) is 1. The highest BCUT2D eigenvalue weighted by Gasteiger charge is 2.33. The third-order valence-electron chi connectivity index (χ3n) is 6.97. The molecule has 5 rings (SSSR count). The molecular weight excluding hydrogens is 462 g/mol. The van der Waals surface area contributed by atoms with Gasteiger partial charge in [0.2, 0.25) is 15.9 Å². The lowest BCUT2D eigenvalue weighted by atomic mass is 9.97. The van der Waals surface area contributed by atoms with Crippen LogP contribution in [-0.2, 0) is 14.8 Å². The first kappa shape index (κ1) is 23.7. The Bertz CT molecular complexity index is 1360. The minimum absolute atomic E-state index is 0.126. The summed E-state index contributed by atoms with van der Waals surface area (Å²) in [5.74, 6) is 0.796. The van der Waals surface area contributed by atoms with Crippen molar-refractivity contribution in [2.75, 3.05) is 36.4 Å². The summed E-state index contributed by atoms with van der Waals surface area (Å²) in [5, 5.41) is 3.03. The highest BCUT2D eigenvalue weighted by atomic mass is 32.2. The van der Waals surface area contributed by atoms with E-state index < -0.39 is 10.0 Å². The molecule has 1 aromatic heterocycles. The van der Waals surface area contributed by atoms with Crippen LogP contribution in [-0.4, -0.2) is 54.8 Å². The van der Waals surface area contributed by atoms with Crippen LogP contribution >= 0.6 is 0 Å². The number of benzene rings is 2. The van der Waals surface area contributed by atoms with Crippen molar-refractivity contribution in [3.63, 3.8) is 0 Å². The molecule has 8 nitrogen and oxygen atoms in total. The summed E-state index contributed by atoms with van der Waals surface area (Å²) >= 11 is 0. The molecule has 3 heterocycles. The van der Waals surface area contributed by atoms with Crippen molar-refractivity contribution in [2.45, 2.75) is 44.4 Å². The van der Waals surface area contributed by atoms with E-state index in [1.807, 2.05) is 50.2 Å². The van der Waals surface area contributed by atoms with Gasteiger partial charge in [-0.3, -0.25) is 4.79 Å². The van der Waals surface area contributed by atoms with E-state index in [-0.39, 0.29) is 11.8 Å². The smallest absolute Gasteiger partial charge is 0.243 e. The lowest BCUT2D eigenvalue weighted by Crippen LogP contribution is -2.41. The molecule has 0 radical (unpaired) electrons. The third kappa shape index (κ3) is 4.75. The number of para-hydroxylation sites is 2. The van der Waals surface area contributed by atoms with Crippen molar-refractivity contribution in [1.29, 1.82) is 0 Å². The van der Waals surface area contributed by atoms with Crippen LogP contribution in [0.1, 0.15) is 36.8 Å². The fraction of sp³-hybridized carbons (Fsp3) is 0.423. The van der Waals surface area contributed by atoms with Crippen LogP contribution in [0.25, 0.3) is 11.0 Å². The largest absolute Gasteiger partial charge is 0.354 e. The molecule has 2 aliphatic rings. The monoisotopic (exact) mass is 493 g/mol. The molecule has 0 saturated carbocycles. The van der Waals surface area contributed by atoms with Gasteiger partial charge in [0.05, 0.1) is 15.9 Å². The quantitative estimate of drug-likeness (QED) is 0.580. The Kier molecular flexibility index (Phi) is 6.46. The van der Waals surface area contributed by atoms with E-state index in [9.17, 15) is 13.2 Å². The molecule has 2 saturated heterocycles. The number of fused-ring (bicyclic) bond motifs is 1. The van der Waals surface area contributed by atoms with Gasteiger partial charge in [0.15, 0.2) is 11.6 Å². The number of aromatic nitrogens is 2. The Hall–Kier alpha value is -3.04. The van der Waals surface area contributed by atoms with Crippen LogP contribution in [0.5, 0.6) is 0 Å². The Balaban J connectivity index is 1.31. The van der Waals surface area contributed by atoms with E-state index in [1.54, 1.807) is 6.07 Å². The van der Waals surface area contributed by atoms with E-state index in [2.05, 4.69) is 10.2 Å². The van der Waals surface area contributed by atoms with Crippen molar-refractivity contribution in [3.8, 4) is 0 Å². The Labute approximate surface area is 206 Å². The third-order valence-corrected chi connectivity index (χ3v) is 9.03. The van der Waals surface area contributed by atoms with Gasteiger partial charge in [-0.25, -0.2) is 18.4 Å². The van der Waals surface area contributed by atoms with Crippen LogP contribution < -0.4 is 10.2 Å². The van der Waals surface area contributed by atoms with Gasteiger partial charge in [-0.1, -0.05) is 29.8 Å². The summed E-state index contributed by atoms with van der Waals surface area (Å²) in [6.45, 7) is 6.19. The van der Waals surface area contributed by atoms with Crippen molar-refractivity contribution in [2.24, 2.45) is 5.92 Å². The predicted octanol–water partition coefficient (Wildman–Crippen LogP) is 3.89. The second kappa shape index (κ2) is 9.54. The summed E-state index contributed by atoms with van der Waals surface area (Å²) < 4.78 is 27.9. The van der Waals surface area contributed by atoms with Gasteiger partial charge in [-0.15, -0.1) is 0 Å². The highest BCUT2D eigenvalue weighted by molar-refractivity contribution is 7.89. The number of sulfonamides is 1. The minimum atomic E-state index is -3.59. The zero-order chi connectivity index (χ0) is 24.6. The molecule has 0 atom stereocenters. The van der Waals surface area contributed by atoms with Gasteiger partial charge in [0.25, 0.3) is 0 Å². The van der Waals surface area contributed by atoms with Crippen molar-refractivity contribution >= 4 is 38.6 Å². The molecular formula is C26H31N5O3S. The van der Waals surface area contributed by atoms with Gasteiger partial charge in [-0.05, 0) is 63.3 Å². The minimum Gasteiger partial charge on any atom is -0.354 e. The lowest BCUT2D eigenvalue weighted by Gasteiger charge is -2.31. The second-order valence-electron chi connectivity index (χ2n) is 9.52. The topological polar surface area (TPSA) is 95.5 Å². The average Bonchev–Trinajstić information content (AvgIpc) is 3.38. The SMILES string of the molecule is Cc1ccc(S(=O)(=O)N2CCC(C(=O)Nc3nc4ccccc4nc3N3CCCC3)CC2)c(C)c1. The number of amides is 1. The maximum atomic E-state index is 13.2. The van der Waals surface area contributed by atoms with Crippen LogP contribution in [0.2, 0.25) is 0 Å². The van der Waals surface area contributed by atoms with Crippen molar-refractivity contribution in [3.05, 3.63) is 53.6 Å². The number of carbonyl (C=O) groups excluding carboxylic acids is 1. The first-order valence-electron chi connectivity index (χ1n) is 12.2. The Morgan fingerprint density at radius 3 is 2.26 bits per heavy atom. The molecule has 0 aliphatic carbocycles. The lowest BCUT2D eigenvalue weighted by molar-refractivity contribution is -0.120. The average molecular weight is 494 g/mol. The van der Waals surface area contributed by atoms with Gasteiger partial charge in [0, 0.05) is 32.1 Å². The van der Waals surface area contributed by atoms with E-state index in [0.29, 0.717) is 42.5 Å². The standard InChI is InChI=1S/C26H31N5O3S/c1-18-9-10-23(19(2)17-18)35(33,34)31-15-11-20(12-16-31)26(32)29-24-25(30-13-5-6-14-30)28-22-8-4-3-7-21(22)27-24/h3-4,7-10,17,20H,5-6,11-16H2,1-2H3,(H,27,29,32). The number of anilines is 2. The highest BCUT2D eigenvalue weighted by Crippen LogP contribution is 2.30. The Morgan fingerprint density at radius 2 is 1.60 bits per heavy atom. The van der Waals surface area contributed by atoms with Crippen LogP contribution in [0.3, 0.4) is 0 Å². The molecule has 0 spiro atoms. The Morgan fingerprint density at radius 1 is 0.943 bits per heavy atom. The molecule has 9 heteroatoms. The summed E-state index contributed by atoms with van der Waals surface area (Å²) in [5.41, 5.74) is 3.31. The fourth-order valence-electron chi connectivity index (χ4n) is 5.03. The first-order valence-corrected chi connectivity index (χ1v) is 13.7. The number of carbonyl (C=O) groups is 1. The predicted molar refractivity (Wildman–Crippen MR) is 137 cm³/mol. The first-order chi connectivity index (χ1) is 16.8. The molecule has 0 bridgehead atoms. The molecule has 1 amide bonds. The fourth-order valence-corrected chi connectivity index (χ4v) is 6.70. The van der Waals surface area contributed by atoms with Crippen molar-refractivity contribution in [1.82, 2.24) is 14.3 Å². The van der Waals surface area contributed by atoms with Crippen molar-refractivity contribution < 1.29 is 13.2 Å². The van der Waals surface area contributed by atoms with Crippen LogP contribution in [0, 0.1) is 19.8 Å². The van der Waals surface area contributed by atoms with Crippen LogP contribution in [0.15, 0.2) is 47.4 Å². The van der Waals surface area contributed by atoms with Gasteiger partial charge < -0.3 is 10.2 Å². The summed E-state index contributed by atoms with van der Waals surface area (Å²) in [7, 11) is -3.59. The number of aryl methyl sites for hydroxylation is 2. The number of nitrogens with one attached hydrogen (secondary N) is 1. The second-order valence-corrected chi connectivity index (χ2v) is 11.4. The van der Waals surface area contributed by atoms with Crippen LogP contribution in [0.4, 0.5) is 11.6 Å². The van der Waals surface area contributed by atoms with E-state index in [4.69, 9.17) is 9.97 Å². The molecule has 2 aliphatic heterocycles. The number of nitrogens with zero attached hydrogens (tertiary/aromatic N) is 4. The molecule has 0 unspecified atom stereocenters. The number of rotatable bonds is 5. The molecule has 184 valence electrons. The molecule has 2 fully saturated rings. The number of hydrogen-bond acceptors (Lipinski definition) is 6. The zero-order valence-corrected chi connectivity index (χ0v) is 21.0. The summed E-state index contributed by atoms with van der Waals surface area (Å²) in [4.78, 5) is 25.3. The normalized spacial score (nSPS) is 17.7. The van der Waals surface area contributed by atoms with Gasteiger partial charge >= 0.3 is 0 Å². The van der Waals surface area contributed by atoms with E-state index in [0.717, 1.165) is 48.1 Å². The maximum Gasteiger partial charge on any atom is 0.243 e. The molecule has 3 aromatic rings. The van der Waals surface area contributed by atoms with Gasteiger partial charge in [0.1, 0.15) is 0 Å². The van der Waals surface area contributed by atoms with Gasteiger partial charge in [-0.2, -0.15) is 4.31 Å². The van der Waals surface area contributed by atoms with E-state index in [1.165, 1.54) is 4.31 Å². The van der Waals surface area contributed by atoms with E-state index >= 15 is 0 Å².